The molecule has 0 unspecified atom stereocenters. The van der Waals surface area contributed by atoms with Gasteiger partial charge in [-0.25, -0.2) is 19.9 Å². The van der Waals surface area contributed by atoms with E-state index in [4.69, 9.17) is 24.9 Å². The molecular formula is C40H24N6S. The summed E-state index contributed by atoms with van der Waals surface area (Å²) in [4.78, 5) is 29.0. The molecule has 0 saturated heterocycles. The van der Waals surface area contributed by atoms with Crippen LogP contribution in [0.25, 0.3) is 87.8 Å². The normalized spacial score (nSPS) is 11.4. The van der Waals surface area contributed by atoms with E-state index in [0.717, 1.165) is 60.9 Å². The molecule has 0 amide bonds. The van der Waals surface area contributed by atoms with Crippen molar-refractivity contribution in [3.8, 4) is 56.7 Å². The third kappa shape index (κ3) is 4.99. The van der Waals surface area contributed by atoms with Gasteiger partial charge >= 0.3 is 0 Å². The van der Waals surface area contributed by atoms with Gasteiger partial charge in [-0.3, -0.25) is 9.97 Å². The maximum absolute atomic E-state index is 5.18. The van der Waals surface area contributed by atoms with Gasteiger partial charge < -0.3 is 0 Å². The largest absolute Gasteiger partial charge is 0.264 e. The first-order chi connectivity index (χ1) is 23.3. The summed E-state index contributed by atoms with van der Waals surface area (Å²) < 4.78 is 2.37. The molecule has 0 saturated carbocycles. The molecule has 0 N–H and O–H groups in total. The maximum Gasteiger partial charge on any atom is 0.164 e. The molecule has 0 aliphatic rings. The van der Waals surface area contributed by atoms with E-state index >= 15 is 0 Å². The first-order valence-corrected chi connectivity index (χ1v) is 16.1. The molecule has 0 bridgehead atoms. The third-order valence-corrected chi connectivity index (χ3v) is 9.40. The van der Waals surface area contributed by atoms with E-state index in [1.807, 2.05) is 97.5 Å². The van der Waals surface area contributed by atoms with Crippen molar-refractivity contribution >= 4 is 42.4 Å². The van der Waals surface area contributed by atoms with Gasteiger partial charge in [0.2, 0.25) is 0 Å². The Bertz CT molecular complexity index is 2520. The second kappa shape index (κ2) is 11.3. The second-order valence-electron chi connectivity index (χ2n) is 11.2. The lowest BCUT2D eigenvalue weighted by Gasteiger charge is -2.11. The SMILES string of the molecule is c1ccc(-c2nc(-c3ccccc3)nc(-c3cccc(-c4cccc5ccc(-c6cc7sc8ccncc8c7cn6)nc45)c3)n2)cc1. The van der Waals surface area contributed by atoms with Crippen LogP contribution in [0.2, 0.25) is 0 Å². The molecule has 5 heterocycles. The Morgan fingerprint density at radius 2 is 1.11 bits per heavy atom. The standard InChI is InChI=1S/C40H24N6S/c1-3-9-26(10-4-1)38-44-39(27-11-5-2-6-12-27)46-40(45-38)29-15-7-14-28(21-29)30-16-8-13-25-17-18-33(43-37(25)30)34-22-36-32(24-42-34)31-23-41-20-19-35(31)47-36/h1-24H. The van der Waals surface area contributed by atoms with Crippen molar-refractivity contribution in [1.29, 1.82) is 0 Å². The van der Waals surface area contributed by atoms with Gasteiger partial charge in [0, 0.05) is 66.4 Å². The topological polar surface area (TPSA) is 77.3 Å². The lowest BCUT2D eigenvalue weighted by molar-refractivity contribution is 1.07. The van der Waals surface area contributed by atoms with Crippen LogP contribution in [0.15, 0.2) is 146 Å². The Labute approximate surface area is 274 Å². The molecule has 0 aliphatic heterocycles. The molecule has 5 aromatic heterocycles. The predicted molar refractivity (Wildman–Crippen MR) is 191 cm³/mol. The first kappa shape index (κ1) is 27.2. The van der Waals surface area contributed by atoms with Crippen LogP contribution in [-0.2, 0) is 0 Å². The van der Waals surface area contributed by atoms with Gasteiger partial charge in [-0.15, -0.1) is 11.3 Å². The fourth-order valence-corrected chi connectivity index (χ4v) is 7.02. The van der Waals surface area contributed by atoms with Crippen molar-refractivity contribution in [2.75, 3.05) is 0 Å². The molecule has 0 spiro atoms. The summed E-state index contributed by atoms with van der Waals surface area (Å²) >= 11 is 1.75. The third-order valence-electron chi connectivity index (χ3n) is 8.27. The minimum absolute atomic E-state index is 0.615. The van der Waals surface area contributed by atoms with Gasteiger partial charge in [-0.05, 0) is 29.8 Å². The Kier molecular flexibility index (Phi) is 6.54. The zero-order valence-electron chi connectivity index (χ0n) is 24.9. The zero-order valence-corrected chi connectivity index (χ0v) is 25.8. The lowest BCUT2D eigenvalue weighted by atomic mass is 9.99. The summed E-state index contributed by atoms with van der Waals surface area (Å²) in [5.74, 6) is 1.89. The number of benzene rings is 4. The van der Waals surface area contributed by atoms with Crippen LogP contribution in [0.1, 0.15) is 0 Å². The van der Waals surface area contributed by atoms with Crippen LogP contribution in [0.3, 0.4) is 0 Å². The smallest absolute Gasteiger partial charge is 0.164 e. The molecule has 47 heavy (non-hydrogen) atoms. The number of nitrogens with zero attached hydrogens (tertiary/aromatic N) is 6. The summed E-state index contributed by atoms with van der Waals surface area (Å²) in [6.07, 6.45) is 5.68. The van der Waals surface area contributed by atoms with Crippen molar-refractivity contribution in [2.24, 2.45) is 0 Å². The Hall–Kier alpha value is -6.18. The van der Waals surface area contributed by atoms with Gasteiger partial charge in [0.25, 0.3) is 0 Å². The molecule has 9 rings (SSSR count). The summed E-state index contributed by atoms with van der Waals surface area (Å²) in [7, 11) is 0. The highest BCUT2D eigenvalue weighted by Crippen LogP contribution is 2.36. The molecule has 0 atom stereocenters. The van der Waals surface area contributed by atoms with Gasteiger partial charge in [-0.2, -0.15) is 0 Å². The molecular weight excluding hydrogens is 597 g/mol. The monoisotopic (exact) mass is 620 g/mol. The van der Waals surface area contributed by atoms with E-state index in [-0.39, 0.29) is 0 Å². The average molecular weight is 621 g/mol. The van der Waals surface area contributed by atoms with E-state index in [0.29, 0.717) is 17.5 Å². The van der Waals surface area contributed by atoms with Crippen LogP contribution in [0.5, 0.6) is 0 Å². The summed E-state index contributed by atoms with van der Waals surface area (Å²) in [5, 5.41) is 3.30. The first-order valence-electron chi connectivity index (χ1n) is 15.3. The quantitative estimate of drug-likeness (QED) is 0.191. The molecule has 6 nitrogen and oxygen atoms in total. The second-order valence-corrected chi connectivity index (χ2v) is 12.3. The van der Waals surface area contributed by atoms with E-state index < -0.39 is 0 Å². The summed E-state index contributed by atoms with van der Waals surface area (Å²) in [6.45, 7) is 0. The molecule has 4 aromatic carbocycles. The van der Waals surface area contributed by atoms with Gasteiger partial charge in [0.1, 0.15) is 0 Å². The van der Waals surface area contributed by atoms with Crippen molar-refractivity contribution in [1.82, 2.24) is 29.9 Å². The van der Waals surface area contributed by atoms with Crippen LogP contribution in [0, 0.1) is 0 Å². The van der Waals surface area contributed by atoms with Gasteiger partial charge in [0.05, 0.1) is 16.9 Å². The number of hydrogen-bond acceptors (Lipinski definition) is 7. The zero-order chi connectivity index (χ0) is 31.2. The Morgan fingerprint density at radius 1 is 0.447 bits per heavy atom. The molecule has 0 fully saturated rings. The van der Waals surface area contributed by atoms with Crippen molar-refractivity contribution in [3.05, 3.63) is 146 Å². The number of pyridine rings is 3. The minimum atomic E-state index is 0.615. The molecule has 220 valence electrons. The van der Waals surface area contributed by atoms with Gasteiger partial charge in [-0.1, -0.05) is 103 Å². The predicted octanol–water partition coefficient (Wildman–Crippen LogP) is 9.91. The Balaban J connectivity index is 1.15. The van der Waals surface area contributed by atoms with Crippen molar-refractivity contribution < 1.29 is 0 Å². The van der Waals surface area contributed by atoms with Crippen LogP contribution in [0.4, 0.5) is 0 Å². The fourth-order valence-electron chi connectivity index (χ4n) is 5.94. The van der Waals surface area contributed by atoms with Crippen molar-refractivity contribution in [2.45, 2.75) is 0 Å². The van der Waals surface area contributed by atoms with Crippen LogP contribution in [-0.4, -0.2) is 29.9 Å². The molecule has 0 aliphatic carbocycles. The van der Waals surface area contributed by atoms with Crippen LogP contribution >= 0.6 is 11.3 Å². The molecule has 7 heteroatoms. The molecule has 0 radical (unpaired) electrons. The number of para-hydroxylation sites is 1. The number of hydrogen-bond donors (Lipinski definition) is 0. The highest BCUT2D eigenvalue weighted by atomic mass is 32.1. The highest BCUT2D eigenvalue weighted by Gasteiger charge is 2.15. The summed E-state index contributed by atoms with van der Waals surface area (Å²) in [6, 6.07) is 43.0. The number of aromatic nitrogens is 6. The fraction of sp³-hybridized carbons (Fsp3) is 0. The summed E-state index contributed by atoms with van der Waals surface area (Å²) in [5.41, 5.74) is 7.42. The van der Waals surface area contributed by atoms with Gasteiger partial charge in [0.15, 0.2) is 17.5 Å². The van der Waals surface area contributed by atoms with Crippen LogP contribution < -0.4 is 0 Å². The minimum Gasteiger partial charge on any atom is -0.264 e. The number of rotatable bonds is 5. The van der Waals surface area contributed by atoms with E-state index in [1.54, 1.807) is 11.3 Å². The van der Waals surface area contributed by atoms with E-state index in [1.165, 1.54) is 9.40 Å². The average Bonchev–Trinajstić information content (AvgIpc) is 3.53. The Morgan fingerprint density at radius 3 is 1.87 bits per heavy atom. The van der Waals surface area contributed by atoms with E-state index in [2.05, 4.69) is 53.5 Å². The highest BCUT2D eigenvalue weighted by molar-refractivity contribution is 7.25. The molecule has 9 aromatic rings. The number of thiophene rings is 1. The van der Waals surface area contributed by atoms with Crippen molar-refractivity contribution in [3.63, 3.8) is 0 Å². The lowest BCUT2D eigenvalue weighted by Crippen LogP contribution is -2.00. The van der Waals surface area contributed by atoms with E-state index in [9.17, 15) is 0 Å². The number of fused-ring (bicyclic) bond motifs is 4. The maximum atomic E-state index is 5.18.